The molecular weight excluding hydrogens is 314 g/mol. The normalized spacial score (nSPS) is 22.2. The minimum Gasteiger partial charge on any atom is -0.256 e. The highest BCUT2D eigenvalue weighted by atomic mass is 14.7. The average molecular weight is 344 g/mol. The number of pyridine rings is 1. The van der Waals surface area contributed by atoms with Crippen LogP contribution in [0.3, 0.4) is 0 Å². The van der Waals surface area contributed by atoms with Gasteiger partial charge in [0.05, 0.1) is 5.69 Å². The van der Waals surface area contributed by atoms with Crippen molar-refractivity contribution < 1.29 is 0 Å². The second-order valence-electron chi connectivity index (χ2n) is 8.82. The number of rotatable bonds is 3. The molecule has 3 aromatic rings. The van der Waals surface area contributed by atoms with Crippen molar-refractivity contribution in [3.63, 3.8) is 0 Å². The second kappa shape index (κ2) is 5.94. The van der Waals surface area contributed by atoms with E-state index >= 15 is 0 Å². The molecular formula is C25H29N. The van der Waals surface area contributed by atoms with E-state index in [0.717, 1.165) is 11.6 Å². The molecule has 0 N–H and O–H groups in total. The Balaban J connectivity index is 2.03. The first-order valence-electron chi connectivity index (χ1n) is 9.82. The molecule has 0 saturated heterocycles. The van der Waals surface area contributed by atoms with Crippen LogP contribution >= 0.6 is 0 Å². The SMILES string of the molecule is Cc1cc(C)c(C2(C)CC2C)c(-c2nccc3ccc(C(C)C)cc23)c1. The highest BCUT2D eigenvalue weighted by Gasteiger charge is 2.49. The van der Waals surface area contributed by atoms with Gasteiger partial charge in [-0.3, -0.25) is 4.98 Å². The number of aromatic nitrogens is 1. The third-order valence-electron chi connectivity index (χ3n) is 6.42. The van der Waals surface area contributed by atoms with Gasteiger partial charge in [-0.05, 0) is 77.8 Å². The lowest BCUT2D eigenvalue weighted by Crippen LogP contribution is -2.09. The van der Waals surface area contributed by atoms with E-state index in [1.807, 2.05) is 6.20 Å². The second-order valence-corrected chi connectivity index (χ2v) is 8.82. The van der Waals surface area contributed by atoms with Gasteiger partial charge in [0.25, 0.3) is 0 Å². The van der Waals surface area contributed by atoms with Crippen LogP contribution in [0.4, 0.5) is 0 Å². The van der Waals surface area contributed by atoms with E-state index < -0.39 is 0 Å². The summed E-state index contributed by atoms with van der Waals surface area (Å²) >= 11 is 0. The number of hydrogen-bond acceptors (Lipinski definition) is 1. The molecule has 4 rings (SSSR count). The van der Waals surface area contributed by atoms with Gasteiger partial charge in [0.15, 0.2) is 0 Å². The summed E-state index contributed by atoms with van der Waals surface area (Å²) in [7, 11) is 0. The predicted molar refractivity (Wildman–Crippen MR) is 112 cm³/mol. The van der Waals surface area contributed by atoms with Crippen molar-refractivity contribution >= 4 is 10.8 Å². The molecule has 1 fully saturated rings. The topological polar surface area (TPSA) is 12.9 Å². The molecule has 0 aliphatic heterocycles. The van der Waals surface area contributed by atoms with E-state index in [1.54, 1.807) is 0 Å². The third-order valence-corrected chi connectivity index (χ3v) is 6.42. The van der Waals surface area contributed by atoms with Gasteiger partial charge in [0, 0.05) is 17.1 Å². The molecule has 1 heterocycles. The minimum absolute atomic E-state index is 0.284. The van der Waals surface area contributed by atoms with Gasteiger partial charge in [0.2, 0.25) is 0 Å². The van der Waals surface area contributed by atoms with Crippen LogP contribution in [0.15, 0.2) is 42.6 Å². The van der Waals surface area contributed by atoms with Crippen molar-refractivity contribution in [2.24, 2.45) is 5.92 Å². The van der Waals surface area contributed by atoms with E-state index in [-0.39, 0.29) is 5.41 Å². The molecule has 2 aromatic carbocycles. The summed E-state index contributed by atoms with van der Waals surface area (Å²) in [5.41, 5.74) is 8.37. The fraction of sp³-hybridized carbons (Fsp3) is 0.400. The minimum atomic E-state index is 0.284. The van der Waals surface area contributed by atoms with Gasteiger partial charge < -0.3 is 0 Å². The van der Waals surface area contributed by atoms with Crippen LogP contribution in [0.1, 0.15) is 62.3 Å². The van der Waals surface area contributed by atoms with Gasteiger partial charge in [-0.1, -0.05) is 51.5 Å². The molecule has 1 nitrogen and oxygen atoms in total. The summed E-state index contributed by atoms with van der Waals surface area (Å²) in [5.74, 6) is 1.26. The molecule has 134 valence electrons. The quantitative estimate of drug-likeness (QED) is 0.502. The lowest BCUT2D eigenvalue weighted by atomic mass is 9.84. The Morgan fingerprint density at radius 2 is 1.81 bits per heavy atom. The summed E-state index contributed by atoms with van der Waals surface area (Å²) in [6, 6.07) is 13.7. The summed E-state index contributed by atoms with van der Waals surface area (Å²) in [4.78, 5) is 4.89. The van der Waals surface area contributed by atoms with Crippen LogP contribution in [-0.2, 0) is 5.41 Å². The molecule has 26 heavy (non-hydrogen) atoms. The zero-order valence-corrected chi connectivity index (χ0v) is 16.9. The van der Waals surface area contributed by atoms with E-state index in [4.69, 9.17) is 4.98 Å². The number of hydrogen-bond donors (Lipinski definition) is 0. The fourth-order valence-electron chi connectivity index (χ4n) is 4.60. The molecule has 1 aliphatic rings. The molecule has 1 heteroatoms. The van der Waals surface area contributed by atoms with Crippen molar-refractivity contribution in [3.8, 4) is 11.3 Å². The van der Waals surface area contributed by atoms with Crippen LogP contribution in [0.25, 0.3) is 22.0 Å². The molecule has 1 aromatic heterocycles. The van der Waals surface area contributed by atoms with Crippen molar-refractivity contribution in [3.05, 3.63) is 64.8 Å². The molecule has 2 unspecified atom stereocenters. The Bertz CT molecular complexity index is 998. The highest BCUT2D eigenvalue weighted by molar-refractivity contribution is 5.96. The maximum Gasteiger partial charge on any atom is 0.0783 e. The van der Waals surface area contributed by atoms with E-state index in [2.05, 4.69) is 77.9 Å². The van der Waals surface area contributed by atoms with Gasteiger partial charge >= 0.3 is 0 Å². The summed E-state index contributed by atoms with van der Waals surface area (Å²) < 4.78 is 0. The summed E-state index contributed by atoms with van der Waals surface area (Å²) in [6.07, 6.45) is 3.23. The van der Waals surface area contributed by atoms with Gasteiger partial charge in [-0.25, -0.2) is 0 Å². The Morgan fingerprint density at radius 1 is 1.08 bits per heavy atom. The Labute approximate surface area is 157 Å². The number of fused-ring (bicyclic) bond motifs is 1. The largest absolute Gasteiger partial charge is 0.256 e. The van der Waals surface area contributed by atoms with Crippen molar-refractivity contribution in [1.82, 2.24) is 4.98 Å². The first-order valence-corrected chi connectivity index (χ1v) is 9.82. The zero-order chi connectivity index (χ0) is 18.6. The van der Waals surface area contributed by atoms with Crippen molar-refractivity contribution in [1.29, 1.82) is 0 Å². The standard InChI is InChI=1S/C25H29N/c1-15(2)20-8-7-19-9-10-26-24(21(19)13-20)22-12-16(3)11-17(4)23(22)25(6)14-18(25)5/h7-13,15,18H,14H2,1-6H3. The van der Waals surface area contributed by atoms with E-state index in [1.165, 1.54) is 45.0 Å². The molecule has 0 bridgehead atoms. The number of aryl methyl sites for hydroxylation is 2. The van der Waals surface area contributed by atoms with Crippen LogP contribution in [0.2, 0.25) is 0 Å². The van der Waals surface area contributed by atoms with Gasteiger partial charge in [-0.2, -0.15) is 0 Å². The van der Waals surface area contributed by atoms with Crippen LogP contribution in [0.5, 0.6) is 0 Å². The smallest absolute Gasteiger partial charge is 0.0783 e. The molecule has 2 atom stereocenters. The number of benzene rings is 2. The van der Waals surface area contributed by atoms with E-state index in [9.17, 15) is 0 Å². The summed E-state index contributed by atoms with van der Waals surface area (Å²) in [5, 5.41) is 2.56. The number of nitrogens with zero attached hydrogens (tertiary/aromatic N) is 1. The lowest BCUT2D eigenvalue weighted by Gasteiger charge is -2.21. The molecule has 1 saturated carbocycles. The zero-order valence-electron chi connectivity index (χ0n) is 16.9. The van der Waals surface area contributed by atoms with E-state index in [0.29, 0.717) is 5.92 Å². The predicted octanol–water partition coefficient (Wildman–Crippen LogP) is 6.94. The van der Waals surface area contributed by atoms with Crippen molar-refractivity contribution in [2.45, 2.75) is 59.3 Å². The monoisotopic (exact) mass is 343 g/mol. The van der Waals surface area contributed by atoms with Gasteiger partial charge in [-0.15, -0.1) is 0 Å². The van der Waals surface area contributed by atoms with Crippen LogP contribution in [0, 0.1) is 19.8 Å². The Morgan fingerprint density at radius 3 is 2.46 bits per heavy atom. The molecule has 0 spiro atoms. The highest BCUT2D eigenvalue weighted by Crippen LogP contribution is 2.57. The third kappa shape index (κ3) is 2.65. The molecule has 0 radical (unpaired) electrons. The van der Waals surface area contributed by atoms with Gasteiger partial charge in [0.1, 0.15) is 0 Å². The maximum atomic E-state index is 4.89. The van der Waals surface area contributed by atoms with Crippen LogP contribution in [-0.4, -0.2) is 4.98 Å². The van der Waals surface area contributed by atoms with Crippen LogP contribution < -0.4 is 0 Å². The first-order chi connectivity index (χ1) is 12.3. The average Bonchev–Trinajstić information content (AvgIpc) is 3.20. The first kappa shape index (κ1) is 17.3. The molecule has 0 amide bonds. The Kier molecular flexibility index (Phi) is 3.95. The summed E-state index contributed by atoms with van der Waals surface area (Å²) in [6.45, 7) is 13.8. The lowest BCUT2D eigenvalue weighted by molar-refractivity contribution is 0.698. The fourth-order valence-corrected chi connectivity index (χ4v) is 4.60. The Hall–Kier alpha value is -2.15. The maximum absolute atomic E-state index is 4.89. The molecule has 1 aliphatic carbocycles. The van der Waals surface area contributed by atoms with Crippen molar-refractivity contribution in [2.75, 3.05) is 0 Å².